The molecule has 0 saturated heterocycles. The van der Waals surface area contributed by atoms with Crippen LogP contribution in [0.2, 0.25) is 0 Å². The van der Waals surface area contributed by atoms with Crippen molar-refractivity contribution in [2.75, 3.05) is 29.9 Å². The number of para-hydroxylation sites is 2. The molecule has 3 nitrogen and oxygen atoms in total. The Kier molecular flexibility index (Phi) is 3.66. The monoisotopic (exact) mass is 215 g/mol. The maximum atomic E-state index is 8.57. The number of rotatable bonds is 3. The highest BCUT2D eigenvalue weighted by molar-refractivity contribution is 5.70. The Morgan fingerprint density at radius 2 is 2.25 bits per heavy atom. The van der Waals surface area contributed by atoms with Crippen molar-refractivity contribution in [2.45, 2.75) is 19.3 Å². The van der Waals surface area contributed by atoms with Gasteiger partial charge in [0, 0.05) is 26.1 Å². The lowest BCUT2D eigenvalue weighted by Crippen LogP contribution is -2.24. The second kappa shape index (κ2) is 5.41. The number of hydrogen-bond donors (Lipinski definition) is 1. The smallest absolute Gasteiger partial charge is 0.0622 e. The summed E-state index contributed by atoms with van der Waals surface area (Å²) in [6.07, 6.45) is 2.75. The second-order valence-electron chi connectivity index (χ2n) is 4.05. The standard InChI is InChI=1S/C13H17N3/c14-8-3-4-10-16-11-5-9-15-12-6-1-2-7-13(12)16/h1-2,6-7,15H,3-5,9-11H2. The second-order valence-corrected chi connectivity index (χ2v) is 4.05. The Balaban J connectivity index is 2.10. The highest BCUT2D eigenvalue weighted by atomic mass is 15.2. The van der Waals surface area contributed by atoms with E-state index < -0.39 is 0 Å². The van der Waals surface area contributed by atoms with Crippen LogP contribution in [0.15, 0.2) is 24.3 Å². The van der Waals surface area contributed by atoms with Crippen molar-refractivity contribution in [2.24, 2.45) is 0 Å². The number of nitrogens with zero attached hydrogens (tertiary/aromatic N) is 2. The van der Waals surface area contributed by atoms with Gasteiger partial charge >= 0.3 is 0 Å². The number of nitriles is 1. The van der Waals surface area contributed by atoms with Crippen LogP contribution >= 0.6 is 0 Å². The summed E-state index contributed by atoms with van der Waals surface area (Å²) in [5, 5.41) is 12.0. The Morgan fingerprint density at radius 3 is 3.12 bits per heavy atom. The third-order valence-corrected chi connectivity index (χ3v) is 2.88. The first-order valence-electron chi connectivity index (χ1n) is 5.86. The van der Waals surface area contributed by atoms with Gasteiger partial charge in [-0.15, -0.1) is 0 Å². The van der Waals surface area contributed by atoms with Gasteiger partial charge in [-0.25, -0.2) is 0 Å². The molecular weight excluding hydrogens is 198 g/mol. The normalized spacial score (nSPS) is 14.6. The van der Waals surface area contributed by atoms with Gasteiger partial charge in [-0.05, 0) is 25.0 Å². The fourth-order valence-corrected chi connectivity index (χ4v) is 2.09. The fraction of sp³-hybridized carbons (Fsp3) is 0.462. The molecule has 1 aliphatic rings. The molecule has 84 valence electrons. The molecule has 0 atom stereocenters. The van der Waals surface area contributed by atoms with Crippen LogP contribution in [-0.2, 0) is 0 Å². The topological polar surface area (TPSA) is 39.1 Å². The maximum absolute atomic E-state index is 8.57. The first-order chi connectivity index (χ1) is 7.92. The first kappa shape index (κ1) is 10.8. The maximum Gasteiger partial charge on any atom is 0.0622 e. The zero-order chi connectivity index (χ0) is 11.2. The third-order valence-electron chi connectivity index (χ3n) is 2.88. The van der Waals surface area contributed by atoms with Gasteiger partial charge in [0.1, 0.15) is 0 Å². The van der Waals surface area contributed by atoms with E-state index in [9.17, 15) is 0 Å². The van der Waals surface area contributed by atoms with Crippen LogP contribution < -0.4 is 10.2 Å². The SMILES string of the molecule is N#CCCCN1CCCNc2ccccc21. The van der Waals surface area contributed by atoms with E-state index >= 15 is 0 Å². The van der Waals surface area contributed by atoms with E-state index in [4.69, 9.17) is 5.26 Å². The van der Waals surface area contributed by atoms with Gasteiger partial charge < -0.3 is 10.2 Å². The number of anilines is 2. The van der Waals surface area contributed by atoms with Gasteiger partial charge in [0.2, 0.25) is 0 Å². The number of fused-ring (bicyclic) bond motifs is 1. The fourth-order valence-electron chi connectivity index (χ4n) is 2.09. The molecule has 3 heteroatoms. The Bertz CT molecular complexity index is 381. The van der Waals surface area contributed by atoms with E-state index in [0.717, 1.165) is 32.5 Å². The molecule has 0 aromatic heterocycles. The molecule has 0 spiro atoms. The summed E-state index contributed by atoms with van der Waals surface area (Å²) in [5.74, 6) is 0. The minimum absolute atomic E-state index is 0.645. The largest absolute Gasteiger partial charge is 0.383 e. The average molecular weight is 215 g/mol. The van der Waals surface area contributed by atoms with Gasteiger partial charge in [0.05, 0.1) is 17.4 Å². The van der Waals surface area contributed by atoms with Crippen LogP contribution in [0.25, 0.3) is 0 Å². The number of hydrogen-bond acceptors (Lipinski definition) is 3. The third kappa shape index (κ3) is 2.46. The summed E-state index contributed by atoms with van der Waals surface area (Å²) in [6, 6.07) is 10.6. The Morgan fingerprint density at radius 1 is 1.38 bits per heavy atom. The predicted molar refractivity (Wildman–Crippen MR) is 66.6 cm³/mol. The lowest BCUT2D eigenvalue weighted by atomic mass is 10.2. The van der Waals surface area contributed by atoms with E-state index in [0.29, 0.717) is 6.42 Å². The molecule has 0 fully saturated rings. The minimum Gasteiger partial charge on any atom is -0.383 e. The summed E-state index contributed by atoms with van der Waals surface area (Å²) in [4.78, 5) is 2.38. The zero-order valence-electron chi connectivity index (χ0n) is 9.45. The molecule has 0 radical (unpaired) electrons. The Hall–Kier alpha value is -1.69. The van der Waals surface area contributed by atoms with Crippen molar-refractivity contribution in [3.05, 3.63) is 24.3 Å². The molecule has 0 amide bonds. The molecular formula is C13H17N3. The van der Waals surface area contributed by atoms with Crippen molar-refractivity contribution >= 4 is 11.4 Å². The molecule has 1 aromatic rings. The minimum atomic E-state index is 0.645. The molecule has 2 rings (SSSR count). The van der Waals surface area contributed by atoms with Gasteiger partial charge in [0.15, 0.2) is 0 Å². The molecule has 0 unspecified atom stereocenters. The van der Waals surface area contributed by atoms with Crippen LogP contribution in [0.3, 0.4) is 0 Å². The first-order valence-corrected chi connectivity index (χ1v) is 5.86. The van der Waals surface area contributed by atoms with Gasteiger partial charge in [0.25, 0.3) is 0 Å². The van der Waals surface area contributed by atoms with E-state index in [-0.39, 0.29) is 0 Å². The van der Waals surface area contributed by atoms with Crippen LogP contribution in [0, 0.1) is 11.3 Å². The molecule has 1 aromatic carbocycles. The molecule has 1 N–H and O–H groups in total. The van der Waals surface area contributed by atoms with Crippen LogP contribution in [0.1, 0.15) is 19.3 Å². The van der Waals surface area contributed by atoms with E-state index in [1.807, 2.05) is 0 Å². The van der Waals surface area contributed by atoms with Gasteiger partial charge in [-0.3, -0.25) is 0 Å². The zero-order valence-corrected chi connectivity index (χ0v) is 9.45. The lowest BCUT2D eigenvalue weighted by molar-refractivity contribution is 0.724. The quantitative estimate of drug-likeness (QED) is 0.788. The van der Waals surface area contributed by atoms with Gasteiger partial charge in [-0.2, -0.15) is 5.26 Å². The summed E-state index contributed by atoms with van der Waals surface area (Å²) >= 11 is 0. The van der Waals surface area contributed by atoms with Crippen molar-refractivity contribution in [3.8, 4) is 6.07 Å². The van der Waals surface area contributed by atoms with Crippen molar-refractivity contribution in [3.63, 3.8) is 0 Å². The molecule has 0 aliphatic carbocycles. The summed E-state index contributed by atoms with van der Waals surface area (Å²) in [6.45, 7) is 3.09. The molecule has 0 saturated carbocycles. The summed E-state index contributed by atoms with van der Waals surface area (Å²) in [7, 11) is 0. The van der Waals surface area contributed by atoms with Crippen molar-refractivity contribution in [1.82, 2.24) is 0 Å². The van der Waals surface area contributed by atoms with Crippen molar-refractivity contribution in [1.29, 1.82) is 5.26 Å². The molecule has 1 aliphatic heterocycles. The lowest BCUT2D eigenvalue weighted by Gasteiger charge is -2.23. The van der Waals surface area contributed by atoms with Crippen LogP contribution in [0.4, 0.5) is 11.4 Å². The van der Waals surface area contributed by atoms with Crippen LogP contribution in [0.5, 0.6) is 0 Å². The molecule has 1 heterocycles. The average Bonchev–Trinajstić information content (AvgIpc) is 2.52. The number of nitrogens with one attached hydrogen (secondary N) is 1. The predicted octanol–water partition coefficient (Wildman–Crippen LogP) is 2.61. The number of benzene rings is 1. The van der Waals surface area contributed by atoms with E-state index in [2.05, 4.69) is 40.6 Å². The highest BCUT2D eigenvalue weighted by Gasteiger charge is 2.13. The number of unbranched alkanes of at least 4 members (excludes halogenated alkanes) is 1. The van der Waals surface area contributed by atoms with E-state index in [1.165, 1.54) is 11.4 Å². The van der Waals surface area contributed by atoms with Crippen molar-refractivity contribution < 1.29 is 0 Å². The summed E-state index contributed by atoms with van der Waals surface area (Å²) < 4.78 is 0. The van der Waals surface area contributed by atoms with E-state index in [1.54, 1.807) is 0 Å². The Labute approximate surface area is 96.7 Å². The van der Waals surface area contributed by atoms with Gasteiger partial charge in [-0.1, -0.05) is 12.1 Å². The molecule has 16 heavy (non-hydrogen) atoms. The van der Waals surface area contributed by atoms with Crippen LogP contribution in [-0.4, -0.2) is 19.6 Å². The molecule has 0 bridgehead atoms. The summed E-state index contributed by atoms with van der Waals surface area (Å²) in [5.41, 5.74) is 2.50. The highest BCUT2D eigenvalue weighted by Crippen LogP contribution is 2.27.